The third kappa shape index (κ3) is 2.40. The lowest BCUT2D eigenvalue weighted by atomic mass is 9.69. The van der Waals surface area contributed by atoms with Gasteiger partial charge in [-0.1, -0.05) is 18.2 Å². The van der Waals surface area contributed by atoms with Gasteiger partial charge in [-0.25, -0.2) is 0 Å². The molecule has 0 bridgehead atoms. The van der Waals surface area contributed by atoms with Gasteiger partial charge in [-0.2, -0.15) is 0 Å². The van der Waals surface area contributed by atoms with Crippen molar-refractivity contribution in [2.24, 2.45) is 0 Å². The van der Waals surface area contributed by atoms with Crippen LogP contribution in [0.4, 0.5) is 0 Å². The van der Waals surface area contributed by atoms with Gasteiger partial charge in [-0.15, -0.1) is 0 Å². The van der Waals surface area contributed by atoms with Gasteiger partial charge in [0.05, 0.1) is 19.8 Å². The average Bonchev–Trinajstić information content (AvgIpc) is 2.86. The summed E-state index contributed by atoms with van der Waals surface area (Å²) in [5.41, 5.74) is 1.21. The van der Waals surface area contributed by atoms with Crippen molar-refractivity contribution in [1.29, 1.82) is 0 Å². The Morgan fingerprint density at radius 1 is 1.36 bits per heavy atom. The van der Waals surface area contributed by atoms with Crippen LogP contribution in [0.3, 0.4) is 0 Å². The molecule has 0 amide bonds. The number of rotatable bonds is 4. The fourth-order valence-electron chi connectivity index (χ4n) is 3.92. The van der Waals surface area contributed by atoms with Crippen molar-refractivity contribution in [3.05, 3.63) is 35.9 Å². The van der Waals surface area contributed by atoms with E-state index in [4.69, 9.17) is 9.47 Å². The van der Waals surface area contributed by atoms with Crippen LogP contribution in [0, 0.1) is 0 Å². The number of methoxy groups -OCH3 is 1. The van der Waals surface area contributed by atoms with Crippen LogP contribution in [0.1, 0.15) is 25.3 Å². The summed E-state index contributed by atoms with van der Waals surface area (Å²) in [7, 11) is 3.81. The van der Waals surface area contributed by atoms with E-state index in [1.165, 1.54) is 5.56 Å². The summed E-state index contributed by atoms with van der Waals surface area (Å²) in [6.45, 7) is 3.63. The second-order valence-corrected chi connectivity index (χ2v) is 6.25. The summed E-state index contributed by atoms with van der Waals surface area (Å²) < 4.78 is 11.1. The molecule has 2 aliphatic rings. The van der Waals surface area contributed by atoms with Gasteiger partial charge in [-0.05, 0) is 51.1 Å². The molecule has 4 nitrogen and oxygen atoms in total. The highest BCUT2D eigenvalue weighted by molar-refractivity contribution is 5.48. The normalized spacial score (nSPS) is 31.1. The maximum atomic E-state index is 10.00. The van der Waals surface area contributed by atoms with E-state index in [0.717, 1.165) is 30.9 Å². The molecule has 1 N–H and O–H groups in total. The third-order valence-electron chi connectivity index (χ3n) is 5.09. The highest BCUT2D eigenvalue weighted by atomic mass is 16.5. The molecule has 1 aromatic rings. The smallest absolute Gasteiger partial charge is 0.161 e. The SMILES string of the molecule is CCOc1cc([C@@]23C=C[C@@H](O)C[C@@H]2N(C)CC3)ccc1OC. The zero-order valence-corrected chi connectivity index (χ0v) is 13.6. The van der Waals surface area contributed by atoms with Crippen LogP contribution >= 0.6 is 0 Å². The summed E-state index contributed by atoms with van der Waals surface area (Å²) in [6, 6.07) is 6.56. The van der Waals surface area contributed by atoms with Gasteiger partial charge >= 0.3 is 0 Å². The monoisotopic (exact) mass is 303 g/mol. The number of fused-ring (bicyclic) bond motifs is 1. The first-order chi connectivity index (χ1) is 10.6. The third-order valence-corrected chi connectivity index (χ3v) is 5.09. The van der Waals surface area contributed by atoms with Crippen molar-refractivity contribution in [2.45, 2.75) is 37.3 Å². The molecular formula is C18H25NO3. The highest BCUT2D eigenvalue weighted by Gasteiger charge is 2.48. The fraction of sp³-hybridized carbons (Fsp3) is 0.556. The zero-order chi connectivity index (χ0) is 15.7. The summed E-state index contributed by atoms with van der Waals surface area (Å²) >= 11 is 0. The predicted octanol–water partition coefficient (Wildman–Crippen LogP) is 2.36. The van der Waals surface area contributed by atoms with E-state index in [2.05, 4.69) is 30.2 Å². The van der Waals surface area contributed by atoms with Crippen LogP contribution in [0.2, 0.25) is 0 Å². The number of hydrogen-bond donors (Lipinski definition) is 1. The number of likely N-dealkylation sites (N-methyl/N-ethyl adjacent to an activating group) is 1. The maximum absolute atomic E-state index is 10.00. The molecule has 3 rings (SSSR count). The lowest BCUT2D eigenvalue weighted by molar-refractivity contribution is 0.137. The molecule has 1 aliphatic carbocycles. The Bertz CT molecular complexity index is 571. The molecule has 120 valence electrons. The maximum Gasteiger partial charge on any atom is 0.161 e. The number of ether oxygens (including phenoxy) is 2. The Morgan fingerprint density at radius 3 is 2.91 bits per heavy atom. The van der Waals surface area contributed by atoms with E-state index >= 15 is 0 Å². The molecule has 0 aromatic heterocycles. The molecular weight excluding hydrogens is 278 g/mol. The number of likely N-dealkylation sites (tertiary alicyclic amines) is 1. The minimum absolute atomic E-state index is 0.0356. The minimum atomic E-state index is -0.344. The molecule has 0 saturated carbocycles. The van der Waals surface area contributed by atoms with E-state index in [9.17, 15) is 5.11 Å². The lowest BCUT2D eigenvalue weighted by Crippen LogP contribution is -2.44. The molecule has 0 unspecified atom stereocenters. The molecule has 1 aliphatic heterocycles. The fourth-order valence-corrected chi connectivity index (χ4v) is 3.92. The van der Waals surface area contributed by atoms with E-state index in [0.29, 0.717) is 12.6 Å². The van der Waals surface area contributed by atoms with Crippen LogP contribution < -0.4 is 9.47 Å². The molecule has 0 radical (unpaired) electrons. The standard InChI is InChI=1S/C18H25NO3/c1-4-22-16-11-13(5-6-15(16)21-3)18-8-7-14(20)12-17(18)19(2)10-9-18/h5-8,11,14,17,20H,4,9-10,12H2,1-3H3/t14-,17+,18+/m1/s1. The van der Waals surface area contributed by atoms with Crippen LogP contribution in [-0.4, -0.2) is 49.5 Å². The predicted molar refractivity (Wildman–Crippen MR) is 86.6 cm³/mol. The molecule has 22 heavy (non-hydrogen) atoms. The van der Waals surface area contributed by atoms with E-state index in [1.54, 1.807) is 7.11 Å². The van der Waals surface area contributed by atoms with Gasteiger partial charge in [-0.3, -0.25) is 0 Å². The van der Waals surface area contributed by atoms with E-state index < -0.39 is 0 Å². The first-order valence-electron chi connectivity index (χ1n) is 7.99. The van der Waals surface area contributed by atoms with Gasteiger partial charge < -0.3 is 19.5 Å². The van der Waals surface area contributed by atoms with Crippen molar-refractivity contribution in [3.8, 4) is 11.5 Å². The van der Waals surface area contributed by atoms with E-state index in [1.807, 2.05) is 19.1 Å². The summed E-state index contributed by atoms with van der Waals surface area (Å²) in [6.07, 6.45) is 5.65. The average molecular weight is 303 g/mol. The number of nitrogens with zero attached hydrogens (tertiary/aromatic N) is 1. The van der Waals surface area contributed by atoms with Gasteiger partial charge in [0.15, 0.2) is 11.5 Å². The first kappa shape index (κ1) is 15.4. The Balaban J connectivity index is 2.05. The minimum Gasteiger partial charge on any atom is -0.493 e. The molecule has 4 heteroatoms. The summed E-state index contributed by atoms with van der Waals surface area (Å²) in [5.74, 6) is 1.56. The van der Waals surface area contributed by atoms with Crippen LogP contribution in [0.25, 0.3) is 0 Å². The molecule has 1 heterocycles. The zero-order valence-electron chi connectivity index (χ0n) is 13.6. The first-order valence-corrected chi connectivity index (χ1v) is 7.99. The second-order valence-electron chi connectivity index (χ2n) is 6.25. The van der Waals surface area contributed by atoms with Crippen LogP contribution in [0.15, 0.2) is 30.4 Å². The quantitative estimate of drug-likeness (QED) is 0.867. The van der Waals surface area contributed by atoms with Crippen LogP contribution in [-0.2, 0) is 5.41 Å². The number of aliphatic hydroxyl groups excluding tert-OH is 1. The van der Waals surface area contributed by atoms with Gasteiger partial charge in [0, 0.05) is 11.5 Å². The largest absolute Gasteiger partial charge is 0.493 e. The number of hydrogen-bond acceptors (Lipinski definition) is 4. The molecule has 1 aromatic carbocycles. The van der Waals surface area contributed by atoms with Crippen molar-refractivity contribution in [3.63, 3.8) is 0 Å². The van der Waals surface area contributed by atoms with Crippen LogP contribution in [0.5, 0.6) is 11.5 Å². The Morgan fingerprint density at radius 2 is 2.18 bits per heavy atom. The topological polar surface area (TPSA) is 41.9 Å². The van der Waals surface area contributed by atoms with Gasteiger partial charge in [0.2, 0.25) is 0 Å². The Kier molecular flexibility index (Phi) is 4.15. The Labute approximate surface area is 132 Å². The number of aliphatic hydroxyl groups is 1. The van der Waals surface area contributed by atoms with Gasteiger partial charge in [0.25, 0.3) is 0 Å². The summed E-state index contributed by atoms with van der Waals surface area (Å²) in [5, 5.41) is 10.00. The molecule has 1 saturated heterocycles. The van der Waals surface area contributed by atoms with Gasteiger partial charge in [0.1, 0.15) is 0 Å². The van der Waals surface area contributed by atoms with E-state index in [-0.39, 0.29) is 11.5 Å². The molecule has 0 spiro atoms. The van der Waals surface area contributed by atoms with Crippen molar-refractivity contribution < 1.29 is 14.6 Å². The second kappa shape index (κ2) is 5.94. The number of benzene rings is 1. The molecule has 1 fully saturated rings. The molecule has 3 atom stereocenters. The Hall–Kier alpha value is -1.52. The van der Waals surface area contributed by atoms with Crippen molar-refractivity contribution >= 4 is 0 Å². The van der Waals surface area contributed by atoms with Crippen molar-refractivity contribution in [2.75, 3.05) is 27.3 Å². The van der Waals surface area contributed by atoms with Crippen molar-refractivity contribution in [1.82, 2.24) is 4.90 Å². The highest BCUT2D eigenvalue weighted by Crippen LogP contribution is 2.47. The summed E-state index contributed by atoms with van der Waals surface area (Å²) in [4.78, 5) is 2.36. The lowest BCUT2D eigenvalue weighted by Gasteiger charge is -2.39.